The molecule has 0 bridgehead atoms. The third-order valence-electron chi connectivity index (χ3n) is 2.72. The van der Waals surface area contributed by atoms with Crippen LogP contribution in [0.1, 0.15) is 15.9 Å². The Morgan fingerprint density at radius 2 is 1.82 bits per heavy atom. The average Bonchev–Trinajstić information content (AvgIpc) is 2.54. The van der Waals surface area contributed by atoms with Crippen LogP contribution in [0.15, 0.2) is 54.6 Å². The highest BCUT2D eigenvalue weighted by molar-refractivity contribution is 5.93. The predicted molar refractivity (Wildman–Crippen MR) is 79.8 cm³/mol. The Morgan fingerprint density at radius 3 is 2.55 bits per heavy atom. The highest BCUT2D eigenvalue weighted by Gasteiger charge is 2.07. The molecule has 0 aliphatic heterocycles. The molecule has 6 heteroatoms. The number of ether oxygens (including phenoxy) is 1. The van der Waals surface area contributed by atoms with E-state index in [9.17, 15) is 9.59 Å². The van der Waals surface area contributed by atoms with Crippen molar-refractivity contribution in [2.45, 2.75) is 6.61 Å². The number of rotatable bonds is 7. The topological polar surface area (TPSA) is 90.7 Å². The SMILES string of the molecule is NC(=O)COc1cccc(C(=O)NOCc2ccccc2)c1. The lowest BCUT2D eigenvalue weighted by molar-refractivity contribution is -0.119. The van der Waals surface area contributed by atoms with Crippen LogP contribution in [0, 0.1) is 0 Å². The number of hydrogen-bond acceptors (Lipinski definition) is 4. The Kier molecular flexibility index (Phi) is 5.50. The van der Waals surface area contributed by atoms with Gasteiger partial charge in [0.2, 0.25) is 0 Å². The molecule has 22 heavy (non-hydrogen) atoms. The molecule has 0 unspecified atom stereocenters. The summed E-state index contributed by atoms with van der Waals surface area (Å²) >= 11 is 0. The molecule has 2 rings (SSSR count). The lowest BCUT2D eigenvalue weighted by Crippen LogP contribution is -2.24. The summed E-state index contributed by atoms with van der Waals surface area (Å²) in [6, 6.07) is 15.9. The molecular weight excluding hydrogens is 284 g/mol. The van der Waals surface area contributed by atoms with Gasteiger partial charge >= 0.3 is 0 Å². The van der Waals surface area contributed by atoms with E-state index in [-0.39, 0.29) is 13.2 Å². The number of hydrogen-bond donors (Lipinski definition) is 2. The summed E-state index contributed by atoms with van der Waals surface area (Å²) in [4.78, 5) is 27.8. The van der Waals surface area contributed by atoms with Gasteiger partial charge in [-0.2, -0.15) is 0 Å². The van der Waals surface area contributed by atoms with Crippen molar-refractivity contribution in [3.05, 3.63) is 65.7 Å². The first-order valence-electron chi connectivity index (χ1n) is 6.62. The van der Waals surface area contributed by atoms with Crippen molar-refractivity contribution in [3.8, 4) is 5.75 Å². The van der Waals surface area contributed by atoms with E-state index >= 15 is 0 Å². The van der Waals surface area contributed by atoms with E-state index in [1.807, 2.05) is 30.3 Å². The smallest absolute Gasteiger partial charge is 0.274 e. The fourth-order valence-corrected chi connectivity index (χ4v) is 1.70. The van der Waals surface area contributed by atoms with E-state index < -0.39 is 11.8 Å². The Morgan fingerprint density at radius 1 is 1.05 bits per heavy atom. The zero-order valence-electron chi connectivity index (χ0n) is 11.8. The minimum absolute atomic E-state index is 0.240. The average molecular weight is 300 g/mol. The van der Waals surface area contributed by atoms with E-state index in [1.165, 1.54) is 6.07 Å². The summed E-state index contributed by atoms with van der Waals surface area (Å²) in [6.45, 7) is 0.0278. The van der Waals surface area contributed by atoms with Gasteiger partial charge in [-0.1, -0.05) is 36.4 Å². The molecule has 0 aliphatic rings. The van der Waals surface area contributed by atoms with Crippen LogP contribution >= 0.6 is 0 Å². The second-order valence-electron chi connectivity index (χ2n) is 4.49. The Labute approximate surface area is 127 Å². The molecule has 0 saturated heterocycles. The summed E-state index contributed by atoms with van der Waals surface area (Å²) < 4.78 is 5.14. The number of nitrogens with two attached hydrogens (primary N) is 1. The van der Waals surface area contributed by atoms with E-state index in [1.54, 1.807) is 18.2 Å². The first kappa shape index (κ1) is 15.5. The highest BCUT2D eigenvalue weighted by Crippen LogP contribution is 2.13. The van der Waals surface area contributed by atoms with Gasteiger partial charge in [0, 0.05) is 5.56 Å². The largest absolute Gasteiger partial charge is 0.484 e. The van der Waals surface area contributed by atoms with Crippen LogP contribution in [0.2, 0.25) is 0 Å². The van der Waals surface area contributed by atoms with Gasteiger partial charge in [-0.05, 0) is 23.8 Å². The van der Waals surface area contributed by atoms with Crippen LogP contribution < -0.4 is 16.0 Å². The number of carbonyl (C=O) groups is 2. The monoisotopic (exact) mass is 300 g/mol. The molecule has 0 heterocycles. The number of carbonyl (C=O) groups excluding carboxylic acids is 2. The minimum atomic E-state index is -0.582. The summed E-state index contributed by atoms with van der Waals surface area (Å²) in [5, 5.41) is 0. The molecular formula is C16H16N2O4. The number of primary amides is 1. The third-order valence-corrected chi connectivity index (χ3v) is 2.72. The van der Waals surface area contributed by atoms with E-state index in [0.29, 0.717) is 11.3 Å². The summed E-state index contributed by atoms with van der Waals surface area (Å²) in [5.41, 5.74) is 8.65. The molecule has 3 N–H and O–H groups in total. The van der Waals surface area contributed by atoms with E-state index in [0.717, 1.165) is 5.56 Å². The lowest BCUT2D eigenvalue weighted by atomic mass is 10.2. The molecule has 0 spiro atoms. The van der Waals surface area contributed by atoms with Crippen molar-refractivity contribution in [1.29, 1.82) is 0 Å². The van der Waals surface area contributed by atoms with Gasteiger partial charge in [-0.25, -0.2) is 5.48 Å². The quantitative estimate of drug-likeness (QED) is 0.756. The van der Waals surface area contributed by atoms with Gasteiger partial charge in [0.15, 0.2) is 6.61 Å². The van der Waals surface area contributed by atoms with Gasteiger partial charge in [0.1, 0.15) is 5.75 Å². The molecule has 0 aliphatic carbocycles. The van der Waals surface area contributed by atoms with Crippen LogP contribution in [0.5, 0.6) is 5.75 Å². The van der Waals surface area contributed by atoms with Crippen LogP contribution in [0.25, 0.3) is 0 Å². The van der Waals surface area contributed by atoms with Crippen molar-refractivity contribution in [1.82, 2.24) is 5.48 Å². The van der Waals surface area contributed by atoms with Crippen molar-refractivity contribution in [2.75, 3.05) is 6.61 Å². The van der Waals surface area contributed by atoms with Gasteiger partial charge in [-0.3, -0.25) is 14.4 Å². The maximum Gasteiger partial charge on any atom is 0.274 e. The van der Waals surface area contributed by atoms with Gasteiger partial charge < -0.3 is 10.5 Å². The molecule has 114 valence electrons. The third kappa shape index (κ3) is 4.92. The van der Waals surface area contributed by atoms with E-state index in [2.05, 4.69) is 5.48 Å². The van der Waals surface area contributed by atoms with Gasteiger partial charge in [0.05, 0.1) is 6.61 Å². The van der Waals surface area contributed by atoms with Crippen LogP contribution in [0.4, 0.5) is 0 Å². The molecule has 6 nitrogen and oxygen atoms in total. The molecule has 2 amide bonds. The van der Waals surface area contributed by atoms with Crippen molar-refractivity contribution >= 4 is 11.8 Å². The Balaban J connectivity index is 1.86. The molecule has 0 fully saturated rings. The molecule has 2 aromatic rings. The molecule has 0 aromatic heterocycles. The fourth-order valence-electron chi connectivity index (χ4n) is 1.70. The standard InChI is InChI=1S/C16H16N2O4/c17-15(19)11-21-14-8-4-7-13(9-14)16(20)18-22-10-12-5-2-1-3-6-12/h1-9H,10-11H2,(H2,17,19)(H,18,20). The molecule has 0 saturated carbocycles. The maximum absolute atomic E-state index is 11.9. The molecule has 0 radical (unpaired) electrons. The lowest BCUT2D eigenvalue weighted by Gasteiger charge is -2.08. The highest BCUT2D eigenvalue weighted by atomic mass is 16.6. The first-order valence-corrected chi connectivity index (χ1v) is 6.62. The number of hydroxylamine groups is 1. The maximum atomic E-state index is 11.9. The minimum Gasteiger partial charge on any atom is -0.484 e. The van der Waals surface area contributed by atoms with Crippen molar-refractivity contribution in [3.63, 3.8) is 0 Å². The number of amides is 2. The number of benzene rings is 2. The zero-order valence-corrected chi connectivity index (χ0v) is 11.8. The van der Waals surface area contributed by atoms with Crippen molar-refractivity contribution < 1.29 is 19.2 Å². The summed E-state index contributed by atoms with van der Waals surface area (Å²) in [6.07, 6.45) is 0. The van der Waals surface area contributed by atoms with Gasteiger partial charge in [-0.15, -0.1) is 0 Å². The summed E-state index contributed by atoms with van der Waals surface area (Å²) in [7, 11) is 0. The van der Waals surface area contributed by atoms with Crippen LogP contribution in [0.3, 0.4) is 0 Å². The Bertz CT molecular complexity index is 644. The van der Waals surface area contributed by atoms with Crippen LogP contribution in [-0.2, 0) is 16.2 Å². The number of nitrogens with one attached hydrogen (secondary N) is 1. The van der Waals surface area contributed by atoms with Crippen LogP contribution in [-0.4, -0.2) is 18.4 Å². The summed E-state index contributed by atoms with van der Waals surface area (Å²) in [5.74, 6) is -0.601. The Hall–Kier alpha value is -2.86. The fraction of sp³-hybridized carbons (Fsp3) is 0.125. The first-order chi connectivity index (χ1) is 10.6. The molecule has 2 aromatic carbocycles. The normalized spacial score (nSPS) is 10.0. The van der Waals surface area contributed by atoms with Crippen molar-refractivity contribution in [2.24, 2.45) is 5.73 Å². The van der Waals surface area contributed by atoms with Gasteiger partial charge in [0.25, 0.3) is 11.8 Å². The van der Waals surface area contributed by atoms with E-state index in [4.69, 9.17) is 15.3 Å². The zero-order chi connectivity index (χ0) is 15.8. The second kappa shape index (κ2) is 7.80. The molecule has 0 atom stereocenters. The predicted octanol–water partition coefficient (Wildman–Crippen LogP) is 1.41. The second-order valence-corrected chi connectivity index (χ2v) is 4.49.